The third-order valence-corrected chi connectivity index (χ3v) is 7.04. The molecule has 2 rings (SSSR count). The fourth-order valence-corrected chi connectivity index (χ4v) is 4.68. The molecule has 0 fully saturated rings. The Morgan fingerprint density at radius 2 is 1.47 bits per heavy atom. The van der Waals surface area contributed by atoms with Crippen molar-refractivity contribution in [3.63, 3.8) is 0 Å². The van der Waals surface area contributed by atoms with E-state index in [-0.39, 0.29) is 27.5 Å². The minimum atomic E-state index is -0.717. The largest absolute Gasteiger partial charge is 0.464 e. The van der Waals surface area contributed by atoms with Crippen molar-refractivity contribution < 1.29 is 19.1 Å². The Labute approximate surface area is 232 Å². The number of nitriles is 1. The van der Waals surface area contributed by atoms with Crippen LogP contribution >= 0.6 is 11.6 Å². The standard InChI is InChI=1S/C30H42ClN3O4/c1-3-4-5-6-7-8-9-10-11-12-13-14-15-16-19-38-29(35)23-17-18-25(31)26(20-23)34-22-24(21-32)27(33)28(34)30(36)37-2/h17-18,20,22H,3-16,19,33H2,1-2H3. The van der Waals surface area contributed by atoms with Crippen LogP contribution in [0.5, 0.6) is 0 Å². The van der Waals surface area contributed by atoms with E-state index in [2.05, 4.69) is 6.92 Å². The second-order valence-corrected chi connectivity index (χ2v) is 10.1. The predicted molar refractivity (Wildman–Crippen MR) is 152 cm³/mol. The number of methoxy groups -OCH3 is 1. The quantitative estimate of drug-likeness (QED) is 0.151. The third-order valence-electron chi connectivity index (χ3n) is 6.72. The van der Waals surface area contributed by atoms with Gasteiger partial charge in [0.05, 0.1) is 41.2 Å². The summed E-state index contributed by atoms with van der Waals surface area (Å²) in [5, 5.41) is 9.61. The van der Waals surface area contributed by atoms with Gasteiger partial charge in [-0.3, -0.25) is 0 Å². The fraction of sp³-hybridized carbons (Fsp3) is 0.567. The maximum absolute atomic E-state index is 12.6. The number of anilines is 1. The number of nitrogen functional groups attached to an aromatic ring is 1. The first kappa shape index (κ1) is 31.2. The molecule has 0 bridgehead atoms. The summed E-state index contributed by atoms with van der Waals surface area (Å²) >= 11 is 6.36. The van der Waals surface area contributed by atoms with E-state index in [1.165, 1.54) is 94.6 Å². The van der Waals surface area contributed by atoms with Crippen LogP contribution in [0.15, 0.2) is 24.4 Å². The molecule has 0 aliphatic heterocycles. The Balaban J connectivity index is 1.74. The third kappa shape index (κ3) is 9.72. The van der Waals surface area contributed by atoms with Crippen molar-refractivity contribution in [2.24, 2.45) is 0 Å². The van der Waals surface area contributed by atoms with E-state index in [0.29, 0.717) is 12.3 Å². The van der Waals surface area contributed by atoms with Crippen LogP contribution in [0.2, 0.25) is 5.02 Å². The number of rotatable bonds is 18. The minimum absolute atomic E-state index is 0.0128. The average molecular weight is 544 g/mol. The lowest BCUT2D eigenvalue weighted by Gasteiger charge is -2.12. The fourth-order valence-electron chi connectivity index (χ4n) is 4.47. The number of halogens is 1. The van der Waals surface area contributed by atoms with E-state index in [1.54, 1.807) is 12.1 Å². The molecule has 2 N–H and O–H groups in total. The van der Waals surface area contributed by atoms with Crippen molar-refractivity contribution in [1.29, 1.82) is 5.26 Å². The van der Waals surface area contributed by atoms with Gasteiger partial charge in [0.1, 0.15) is 6.07 Å². The zero-order valence-corrected chi connectivity index (χ0v) is 23.7. The molecular formula is C30H42ClN3O4. The second-order valence-electron chi connectivity index (χ2n) is 9.68. The first-order valence-corrected chi connectivity index (χ1v) is 14.3. The van der Waals surface area contributed by atoms with E-state index in [0.717, 1.165) is 19.3 Å². The highest BCUT2D eigenvalue weighted by Gasteiger charge is 2.23. The lowest BCUT2D eigenvalue weighted by molar-refractivity contribution is 0.0497. The molecule has 1 heterocycles. The van der Waals surface area contributed by atoms with Gasteiger partial charge in [-0.1, -0.05) is 102 Å². The normalized spacial score (nSPS) is 10.8. The van der Waals surface area contributed by atoms with Crippen molar-refractivity contribution in [3.05, 3.63) is 46.2 Å². The van der Waals surface area contributed by atoms with Gasteiger partial charge >= 0.3 is 11.9 Å². The summed E-state index contributed by atoms with van der Waals surface area (Å²) in [5.41, 5.74) is 6.64. The van der Waals surface area contributed by atoms with E-state index >= 15 is 0 Å². The molecule has 0 saturated heterocycles. The van der Waals surface area contributed by atoms with Crippen LogP contribution in [0.25, 0.3) is 5.69 Å². The summed E-state index contributed by atoms with van der Waals surface area (Å²) in [6, 6.07) is 6.57. The number of carbonyl (C=O) groups excluding carboxylic acids is 2. The van der Waals surface area contributed by atoms with Crippen molar-refractivity contribution in [2.45, 2.75) is 96.8 Å². The first-order chi connectivity index (χ1) is 18.4. The number of benzene rings is 1. The van der Waals surface area contributed by atoms with Crippen molar-refractivity contribution in [1.82, 2.24) is 4.57 Å². The van der Waals surface area contributed by atoms with Crippen LogP contribution in [0.3, 0.4) is 0 Å². The SMILES string of the molecule is CCCCCCCCCCCCCCCCOC(=O)c1ccc(Cl)c(-n2cc(C#N)c(N)c2C(=O)OC)c1. The lowest BCUT2D eigenvalue weighted by Crippen LogP contribution is -2.12. The molecule has 1 aromatic heterocycles. The summed E-state index contributed by atoms with van der Waals surface area (Å²) in [6.07, 6.45) is 19.1. The summed E-state index contributed by atoms with van der Waals surface area (Å²) in [7, 11) is 1.22. The summed E-state index contributed by atoms with van der Waals surface area (Å²) in [4.78, 5) is 24.9. The molecule has 0 spiro atoms. The Hall–Kier alpha value is -2.98. The maximum atomic E-state index is 12.6. The molecule has 0 aliphatic rings. The molecule has 38 heavy (non-hydrogen) atoms. The van der Waals surface area contributed by atoms with E-state index < -0.39 is 11.9 Å². The number of carbonyl (C=O) groups is 2. The van der Waals surface area contributed by atoms with Crippen LogP contribution in [-0.2, 0) is 9.47 Å². The summed E-state index contributed by atoms with van der Waals surface area (Å²) < 4.78 is 11.6. The van der Waals surface area contributed by atoms with Gasteiger partial charge in [-0.05, 0) is 24.6 Å². The number of aromatic nitrogens is 1. The van der Waals surface area contributed by atoms with Gasteiger partial charge in [0.15, 0.2) is 5.69 Å². The zero-order chi connectivity index (χ0) is 27.8. The molecule has 0 radical (unpaired) electrons. The molecular weight excluding hydrogens is 502 g/mol. The maximum Gasteiger partial charge on any atom is 0.357 e. The predicted octanol–water partition coefficient (Wildman–Crippen LogP) is 8.01. The minimum Gasteiger partial charge on any atom is -0.464 e. The van der Waals surface area contributed by atoms with Gasteiger partial charge in [0.25, 0.3) is 0 Å². The highest BCUT2D eigenvalue weighted by molar-refractivity contribution is 6.32. The number of unbranched alkanes of at least 4 members (excludes halogenated alkanes) is 13. The number of hydrogen-bond donors (Lipinski definition) is 1. The highest BCUT2D eigenvalue weighted by Crippen LogP contribution is 2.29. The van der Waals surface area contributed by atoms with Gasteiger partial charge in [0.2, 0.25) is 0 Å². The topological polar surface area (TPSA) is 107 Å². The van der Waals surface area contributed by atoms with E-state index in [4.69, 9.17) is 26.8 Å². The summed E-state index contributed by atoms with van der Waals surface area (Å²) in [5.74, 6) is -1.19. The van der Waals surface area contributed by atoms with Crippen LogP contribution in [-0.4, -0.2) is 30.2 Å². The van der Waals surface area contributed by atoms with Crippen LogP contribution < -0.4 is 5.73 Å². The molecule has 1 aromatic carbocycles. The second kappa shape index (κ2) is 17.5. The van der Waals surface area contributed by atoms with Gasteiger partial charge < -0.3 is 19.8 Å². The molecule has 0 atom stereocenters. The van der Waals surface area contributed by atoms with Gasteiger partial charge in [-0.15, -0.1) is 0 Å². The first-order valence-electron chi connectivity index (χ1n) is 13.9. The van der Waals surface area contributed by atoms with Crippen molar-refractivity contribution in [2.75, 3.05) is 19.5 Å². The average Bonchev–Trinajstić information content (AvgIpc) is 3.26. The monoisotopic (exact) mass is 543 g/mol. The number of nitrogens with two attached hydrogens (primary N) is 1. The van der Waals surface area contributed by atoms with Crippen LogP contribution in [0.4, 0.5) is 5.69 Å². The van der Waals surface area contributed by atoms with Gasteiger partial charge in [-0.25, -0.2) is 9.59 Å². The Morgan fingerprint density at radius 3 is 2.00 bits per heavy atom. The number of nitrogens with zero attached hydrogens (tertiary/aromatic N) is 2. The lowest BCUT2D eigenvalue weighted by atomic mass is 10.0. The van der Waals surface area contributed by atoms with E-state index in [1.807, 2.05) is 6.07 Å². The number of hydrogen-bond acceptors (Lipinski definition) is 6. The van der Waals surface area contributed by atoms with Crippen molar-refractivity contribution >= 4 is 29.2 Å². The molecule has 0 unspecified atom stereocenters. The molecule has 0 amide bonds. The Kier molecular flexibility index (Phi) is 14.4. The number of esters is 2. The van der Waals surface area contributed by atoms with Gasteiger partial charge in [-0.2, -0.15) is 5.26 Å². The highest BCUT2D eigenvalue weighted by atomic mass is 35.5. The molecule has 8 heteroatoms. The van der Waals surface area contributed by atoms with E-state index in [9.17, 15) is 14.9 Å². The zero-order valence-electron chi connectivity index (χ0n) is 22.9. The molecule has 7 nitrogen and oxygen atoms in total. The van der Waals surface area contributed by atoms with Crippen molar-refractivity contribution in [3.8, 4) is 11.8 Å². The molecule has 0 saturated carbocycles. The smallest absolute Gasteiger partial charge is 0.357 e. The Bertz CT molecular complexity index is 1070. The molecule has 208 valence electrons. The molecule has 0 aliphatic carbocycles. The van der Waals surface area contributed by atoms with Crippen LogP contribution in [0, 0.1) is 11.3 Å². The molecule has 2 aromatic rings. The number of ether oxygens (including phenoxy) is 2. The Morgan fingerprint density at radius 1 is 0.921 bits per heavy atom. The van der Waals surface area contributed by atoms with Crippen LogP contribution in [0.1, 0.15) is 123 Å². The summed E-state index contributed by atoms with van der Waals surface area (Å²) in [6.45, 7) is 2.60. The van der Waals surface area contributed by atoms with Gasteiger partial charge in [0, 0.05) is 6.20 Å².